The van der Waals surface area contributed by atoms with Gasteiger partial charge in [-0.25, -0.2) is 4.79 Å². The Balaban J connectivity index is 6.49. The second kappa shape index (κ2) is 32.1. The van der Waals surface area contributed by atoms with Crippen molar-refractivity contribution >= 4 is 88.8 Å². The molecular weight excluding hydrogens is 919 g/mol. The molecule has 0 heterocycles. The molecule has 0 radical (unpaired) electrons. The molecule has 0 rings (SSSR count). The number of carboxylic acid groups (broad SMARTS) is 4. The number of carbonyl (C=O) groups excluding carboxylic acids is 9. The summed E-state index contributed by atoms with van der Waals surface area (Å²) >= 11 is 1.32. The predicted octanol–water partition coefficient (Wildman–Crippen LogP) is -6.99. The van der Waals surface area contributed by atoms with Gasteiger partial charge in [-0.15, -0.1) is 0 Å². The van der Waals surface area contributed by atoms with Crippen molar-refractivity contribution in [2.24, 2.45) is 22.9 Å². The van der Waals surface area contributed by atoms with Crippen molar-refractivity contribution in [1.29, 1.82) is 0 Å². The molecule has 0 saturated carbocycles. The van der Waals surface area contributed by atoms with Crippen LogP contribution < -0.4 is 60.2 Å². The van der Waals surface area contributed by atoms with Gasteiger partial charge >= 0.3 is 23.9 Å². The van der Waals surface area contributed by atoms with Crippen LogP contribution >= 0.6 is 11.8 Å². The number of unbranched alkanes of at least 4 members (excludes halogenated alkanes) is 1. The monoisotopic (exact) mass is 979 g/mol. The third kappa shape index (κ3) is 25.6. The quantitative estimate of drug-likeness (QED) is 0.0259. The highest BCUT2D eigenvalue weighted by Gasteiger charge is 2.35. The van der Waals surface area contributed by atoms with E-state index in [1.807, 2.05) is 5.32 Å². The second-order valence-corrected chi connectivity index (χ2v) is 15.7. The molecule has 0 spiro atoms. The van der Waals surface area contributed by atoms with Gasteiger partial charge in [-0.1, -0.05) is 6.42 Å². The molecule has 378 valence electrons. The number of carbonyl (C=O) groups is 13. The predicted molar refractivity (Wildman–Crippen MR) is 230 cm³/mol. The minimum atomic E-state index is -2.05. The van der Waals surface area contributed by atoms with E-state index < -0.39 is 183 Å². The van der Waals surface area contributed by atoms with Crippen molar-refractivity contribution in [3.8, 4) is 0 Å². The molecule has 0 aliphatic carbocycles. The van der Waals surface area contributed by atoms with Gasteiger partial charge in [0, 0.05) is 19.3 Å². The van der Waals surface area contributed by atoms with Crippen LogP contribution in [0.1, 0.15) is 77.0 Å². The second-order valence-electron chi connectivity index (χ2n) is 14.8. The van der Waals surface area contributed by atoms with Crippen molar-refractivity contribution in [1.82, 2.24) is 37.2 Å². The maximum absolute atomic E-state index is 13.6. The highest BCUT2D eigenvalue weighted by Crippen LogP contribution is 2.09. The van der Waals surface area contributed by atoms with E-state index in [0.717, 1.165) is 0 Å². The molecule has 8 atom stereocenters. The molecule has 67 heavy (non-hydrogen) atoms. The first kappa shape index (κ1) is 60.3. The van der Waals surface area contributed by atoms with E-state index in [0.29, 0.717) is 25.1 Å². The number of nitrogens with one attached hydrogen (secondary N) is 7. The minimum absolute atomic E-state index is 0.0386. The molecule has 29 nitrogen and oxygen atoms in total. The zero-order valence-electron chi connectivity index (χ0n) is 36.5. The van der Waals surface area contributed by atoms with Crippen LogP contribution in [0.3, 0.4) is 0 Å². The number of thioether (sulfide) groups is 1. The van der Waals surface area contributed by atoms with Gasteiger partial charge in [0.05, 0.1) is 25.5 Å². The molecular formula is C37H61N11O18S. The number of hydrogen-bond acceptors (Lipinski definition) is 17. The molecule has 0 aromatic rings. The average Bonchev–Trinajstić information content (AvgIpc) is 3.23. The standard InChI is InChI=1S/C37H61N11O18S/c1-67-13-11-21(42-30(58)17(39)4-2-3-12-38)34(62)46-22(14-26(41)51)35(63)48-24(16-49)36(64)45-18(5-8-25(40)50)31(59)43-19(6-9-27(52)53)32(60)44-20(7-10-28(54)55)33(61)47-23(37(65)66)15-29(56)57/h17-24,49H,2-16,38-39H2,1H3,(H2,40,50)(H2,41,51)(H,42,58)(H,43,59)(H,44,60)(H,45,64)(H,46,62)(H,47,61)(H,48,63)(H,52,53)(H,54,55)(H,56,57)(H,65,66)/t17-,18-,19-,20-,21-,22-,23-,24-/m0/s1. The molecule has 0 aliphatic heterocycles. The molecule has 0 bridgehead atoms. The summed E-state index contributed by atoms with van der Waals surface area (Å²) in [5.74, 6) is -16.5. The Labute approximate surface area is 386 Å². The minimum Gasteiger partial charge on any atom is -0.481 e. The number of amides is 9. The normalized spacial score (nSPS) is 14.4. The first-order valence-electron chi connectivity index (χ1n) is 20.5. The largest absolute Gasteiger partial charge is 0.481 e. The summed E-state index contributed by atoms with van der Waals surface area (Å²) in [6.45, 7) is -0.838. The zero-order chi connectivity index (χ0) is 51.4. The number of nitrogens with two attached hydrogens (primary N) is 4. The fourth-order valence-electron chi connectivity index (χ4n) is 5.66. The zero-order valence-corrected chi connectivity index (χ0v) is 37.3. The topological polar surface area (TPSA) is 511 Å². The Bertz CT molecular complexity index is 1790. The van der Waals surface area contributed by atoms with Crippen LogP contribution in [0.4, 0.5) is 0 Å². The Hall–Kier alpha value is -6.66. The van der Waals surface area contributed by atoms with Crippen LogP contribution in [0.5, 0.6) is 0 Å². The number of carboxylic acids is 4. The van der Waals surface area contributed by atoms with Crippen LogP contribution in [-0.4, -0.2) is 176 Å². The van der Waals surface area contributed by atoms with Crippen LogP contribution in [0.15, 0.2) is 0 Å². The van der Waals surface area contributed by atoms with Gasteiger partial charge in [0.1, 0.15) is 42.3 Å². The number of hydrogen-bond donors (Lipinski definition) is 16. The SMILES string of the molecule is CSCC[C@H](NC(=O)[C@@H](N)CCCCN)C(=O)N[C@@H](CC(N)=O)C(=O)N[C@@H](CO)C(=O)N[C@@H](CCC(N)=O)C(=O)N[C@@H](CCC(=O)O)C(=O)N[C@@H](CCC(=O)O)C(=O)N[C@@H](CC(=O)O)C(=O)O. The fraction of sp³-hybridized carbons (Fsp3) is 0.649. The Morgan fingerprint density at radius 3 is 1.24 bits per heavy atom. The van der Waals surface area contributed by atoms with E-state index in [-0.39, 0.29) is 12.8 Å². The van der Waals surface area contributed by atoms with Crippen LogP contribution in [0.25, 0.3) is 0 Å². The van der Waals surface area contributed by atoms with Crippen molar-refractivity contribution in [3.05, 3.63) is 0 Å². The molecule has 20 N–H and O–H groups in total. The van der Waals surface area contributed by atoms with Crippen LogP contribution in [0, 0.1) is 0 Å². The molecule has 0 aromatic heterocycles. The highest BCUT2D eigenvalue weighted by molar-refractivity contribution is 7.98. The maximum Gasteiger partial charge on any atom is 0.326 e. The van der Waals surface area contributed by atoms with E-state index in [4.69, 9.17) is 28.0 Å². The molecule has 0 unspecified atom stereocenters. The van der Waals surface area contributed by atoms with Crippen molar-refractivity contribution < 1.29 is 87.9 Å². The van der Waals surface area contributed by atoms with E-state index in [2.05, 4.69) is 31.9 Å². The molecule has 0 aromatic carbocycles. The molecule has 0 saturated heterocycles. The van der Waals surface area contributed by atoms with Gasteiger partial charge in [0.25, 0.3) is 0 Å². The Morgan fingerprint density at radius 1 is 0.463 bits per heavy atom. The first-order valence-corrected chi connectivity index (χ1v) is 21.9. The number of primary amides is 2. The maximum atomic E-state index is 13.6. The number of aliphatic carboxylic acids is 4. The lowest BCUT2D eigenvalue weighted by Gasteiger charge is -2.27. The van der Waals surface area contributed by atoms with Gasteiger partial charge < -0.3 is 85.7 Å². The lowest BCUT2D eigenvalue weighted by atomic mass is 10.0. The van der Waals surface area contributed by atoms with Crippen molar-refractivity contribution in [2.75, 3.05) is 25.2 Å². The number of aliphatic hydroxyl groups excluding tert-OH is 1. The smallest absolute Gasteiger partial charge is 0.326 e. The third-order valence-corrected chi connectivity index (χ3v) is 9.91. The van der Waals surface area contributed by atoms with Gasteiger partial charge in [-0.05, 0) is 57.1 Å². The van der Waals surface area contributed by atoms with Crippen molar-refractivity contribution in [3.63, 3.8) is 0 Å². The van der Waals surface area contributed by atoms with Gasteiger partial charge in [0.2, 0.25) is 53.2 Å². The number of rotatable bonds is 36. The van der Waals surface area contributed by atoms with E-state index in [1.54, 1.807) is 6.26 Å². The summed E-state index contributed by atoms with van der Waals surface area (Å²) in [6.07, 6.45) is -3.24. The summed E-state index contributed by atoms with van der Waals surface area (Å²) in [5, 5.41) is 62.0. The van der Waals surface area contributed by atoms with Crippen LogP contribution in [-0.2, 0) is 62.3 Å². The highest BCUT2D eigenvalue weighted by atomic mass is 32.2. The lowest BCUT2D eigenvalue weighted by Crippen LogP contribution is -2.61. The van der Waals surface area contributed by atoms with Gasteiger partial charge in [-0.3, -0.25) is 57.5 Å². The summed E-state index contributed by atoms with van der Waals surface area (Å²) in [5.41, 5.74) is 22.0. The van der Waals surface area contributed by atoms with E-state index in [9.17, 15) is 82.8 Å². The average molecular weight is 980 g/mol. The van der Waals surface area contributed by atoms with E-state index >= 15 is 0 Å². The van der Waals surface area contributed by atoms with Crippen molar-refractivity contribution in [2.45, 2.75) is 125 Å². The van der Waals surface area contributed by atoms with Crippen LogP contribution in [0.2, 0.25) is 0 Å². The fourth-order valence-corrected chi connectivity index (χ4v) is 6.14. The summed E-state index contributed by atoms with van der Waals surface area (Å²) in [6, 6.07) is -13.8. The van der Waals surface area contributed by atoms with E-state index in [1.165, 1.54) is 11.8 Å². The lowest BCUT2D eigenvalue weighted by molar-refractivity contribution is -0.147. The molecule has 0 fully saturated rings. The first-order chi connectivity index (χ1) is 31.4. The molecule has 0 aliphatic rings. The Kier molecular flexibility index (Phi) is 28.9. The van der Waals surface area contributed by atoms with Gasteiger partial charge in [-0.2, -0.15) is 11.8 Å². The number of aliphatic hydroxyl groups is 1. The summed E-state index contributed by atoms with van der Waals surface area (Å²) in [4.78, 5) is 162. The van der Waals surface area contributed by atoms with Gasteiger partial charge in [0.15, 0.2) is 0 Å². The summed E-state index contributed by atoms with van der Waals surface area (Å²) < 4.78 is 0. The molecule has 9 amide bonds. The molecule has 30 heteroatoms. The summed E-state index contributed by atoms with van der Waals surface area (Å²) in [7, 11) is 0. The Morgan fingerprint density at radius 2 is 0.851 bits per heavy atom. The third-order valence-electron chi connectivity index (χ3n) is 9.27.